The van der Waals surface area contributed by atoms with Gasteiger partial charge in [0.15, 0.2) is 0 Å². The lowest BCUT2D eigenvalue weighted by Crippen LogP contribution is -2.61. The average Bonchev–Trinajstić information content (AvgIpc) is 2.12. The van der Waals surface area contributed by atoms with Crippen LogP contribution in [0.4, 0.5) is 0 Å². The van der Waals surface area contributed by atoms with Crippen molar-refractivity contribution in [2.75, 3.05) is 0 Å². The highest BCUT2D eigenvalue weighted by atomic mass is 35.6. The largest absolute Gasteiger partial charge is 0.423 e. The zero-order valence-corrected chi connectivity index (χ0v) is 17.1. The SMILES string of the molecule is CC(C)[Si](Cl)(O[Si](O)(C(C)(C)C)C(C)(C)C)C(C)C. The summed E-state index contributed by atoms with van der Waals surface area (Å²) in [5.41, 5.74) is 0.552. The molecule has 0 rings (SSSR count). The van der Waals surface area contributed by atoms with Crippen LogP contribution in [0, 0.1) is 0 Å². The molecule has 0 heterocycles. The average molecular weight is 325 g/mol. The summed E-state index contributed by atoms with van der Waals surface area (Å²) in [4.78, 5) is 11.4. The molecule has 0 amide bonds. The summed E-state index contributed by atoms with van der Waals surface area (Å²) in [5.74, 6) is 0. The zero-order valence-electron chi connectivity index (χ0n) is 14.4. The van der Waals surface area contributed by atoms with Crippen LogP contribution >= 0.6 is 11.1 Å². The first-order valence-electron chi connectivity index (χ1n) is 7.21. The maximum absolute atomic E-state index is 11.4. The molecule has 5 heteroatoms. The molecule has 0 aliphatic rings. The first-order valence-corrected chi connectivity index (χ1v) is 12.1. The van der Waals surface area contributed by atoms with Gasteiger partial charge in [0.1, 0.15) is 0 Å². The normalized spacial score (nSPS) is 15.5. The van der Waals surface area contributed by atoms with Gasteiger partial charge in [-0.2, -0.15) is 0 Å². The van der Waals surface area contributed by atoms with Gasteiger partial charge in [0.25, 0.3) is 7.63 Å². The van der Waals surface area contributed by atoms with Crippen molar-refractivity contribution in [3.8, 4) is 0 Å². The van der Waals surface area contributed by atoms with E-state index < -0.39 is 16.2 Å². The van der Waals surface area contributed by atoms with Crippen LogP contribution in [0.5, 0.6) is 0 Å². The molecular weight excluding hydrogens is 292 g/mol. The second-order valence-electron chi connectivity index (χ2n) is 8.25. The first kappa shape index (κ1) is 19.6. The standard InChI is InChI=1S/C14H33ClO2Si2/c1-11(2)18(15,12(3)4)17-19(16,13(5,6)7)14(8,9)10/h11-12,16H,1-10H3. The Morgan fingerprint density at radius 2 is 1.11 bits per heavy atom. The molecule has 0 aromatic heterocycles. The molecule has 116 valence electrons. The topological polar surface area (TPSA) is 29.5 Å². The van der Waals surface area contributed by atoms with Crippen LogP contribution in [-0.2, 0) is 4.12 Å². The molecule has 1 N–H and O–H groups in total. The molecule has 0 saturated carbocycles. The van der Waals surface area contributed by atoms with Crippen molar-refractivity contribution in [3.63, 3.8) is 0 Å². The lowest BCUT2D eigenvalue weighted by Gasteiger charge is -2.50. The van der Waals surface area contributed by atoms with Gasteiger partial charge in [-0.1, -0.05) is 69.2 Å². The Labute approximate surface area is 127 Å². The number of rotatable bonds is 4. The zero-order chi connectivity index (χ0) is 15.9. The van der Waals surface area contributed by atoms with E-state index >= 15 is 0 Å². The van der Waals surface area contributed by atoms with E-state index in [4.69, 9.17) is 15.2 Å². The van der Waals surface area contributed by atoms with Gasteiger partial charge in [-0.25, -0.2) is 0 Å². The van der Waals surface area contributed by atoms with E-state index in [1.165, 1.54) is 0 Å². The molecule has 19 heavy (non-hydrogen) atoms. The summed E-state index contributed by atoms with van der Waals surface area (Å²) in [7, 11) is -5.46. The molecule has 0 atom stereocenters. The molecule has 2 nitrogen and oxygen atoms in total. The summed E-state index contributed by atoms with van der Waals surface area (Å²) in [6, 6.07) is 0. The summed E-state index contributed by atoms with van der Waals surface area (Å²) >= 11 is 6.90. The van der Waals surface area contributed by atoms with Crippen molar-refractivity contribution < 1.29 is 8.91 Å². The van der Waals surface area contributed by atoms with E-state index in [9.17, 15) is 4.80 Å². The Bertz CT molecular complexity index is 282. The van der Waals surface area contributed by atoms with Gasteiger partial charge >= 0.3 is 8.56 Å². The monoisotopic (exact) mass is 324 g/mol. The van der Waals surface area contributed by atoms with Crippen LogP contribution in [0.25, 0.3) is 0 Å². The van der Waals surface area contributed by atoms with Gasteiger partial charge in [-0.3, -0.25) is 0 Å². The van der Waals surface area contributed by atoms with Gasteiger partial charge in [0.2, 0.25) is 0 Å². The highest BCUT2D eigenvalue weighted by Gasteiger charge is 2.60. The van der Waals surface area contributed by atoms with E-state index in [1.807, 2.05) is 0 Å². The molecule has 0 spiro atoms. The Hall–Kier alpha value is 0.644. The fourth-order valence-corrected chi connectivity index (χ4v) is 13.3. The summed E-state index contributed by atoms with van der Waals surface area (Å²) < 4.78 is 6.48. The van der Waals surface area contributed by atoms with Gasteiger partial charge < -0.3 is 8.91 Å². The lowest BCUT2D eigenvalue weighted by atomic mass is 10.2. The second kappa shape index (κ2) is 5.80. The maximum atomic E-state index is 11.4. The van der Waals surface area contributed by atoms with E-state index in [2.05, 4.69) is 69.2 Å². The van der Waals surface area contributed by atoms with Gasteiger partial charge in [0.05, 0.1) is 0 Å². The summed E-state index contributed by atoms with van der Waals surface area (Å²) in [5, 5.41) is -0.523. The van der Waals surface area contributed by atoms with E-state index in [1.54, 1.807) is 0 Å². The van der Waals surface area contributed by atoms with Gasteiger partial charge in [-0.05, 0) is 11.1 Å². The highest BCUT2D eigenvalue weighted by Crippen LogP contribution is 2.53. The third kappa shape index (κ3) is 3.85. The third-order valence-electron chi connectivity index (χ3n) is 3.91. The van der Waals surface area contributed by atoms with Crippen molar-refractivity contribution in [2.24, 2.45) is 0 Å². The Balaban J connectivity index is 5.72. The van der Waals surface area contributed by atoms with Gasteiger partial charge in [-0.15, -0.1) is 11.1 Å². The molecule has 0 aromatic rings. The van der Waals surface area contributed by atoms with E-state index in [-0.39, 0.29) is 21.2 Å². The molecule has 0 saturated heterocycles. The first-order chi connectivity index (χ1) is 8.09. The Morgan fingerprint density at radius 1 is 0.842 bits per heavy atom. The third-order valence-corrected chi connectivity index (χ3v) is 16.9. The predicted molar refractivity (Wildman–Crippen MR) is 90.3 cm³/mol. The van der Waals surface area contributed by atoms with Crippen LogP contribution in [0.2, 0.25) is 21.2 Å². The number of halogens is 1. The maximum Gasteiger partial charge on any atom is 0.337 e. The van der Waals surface area contributed by atoms with Crippen molar-refractivity contribution in [3.05, 3.63) is 0 Å². The van der Waals surface area contributed by atoms with E-state index in [0.717, 1.165) is 0 Å². The Morgan fingerprint density at radius 3 is 1.26 bits per heavy atom. The van der Waals surface area contributed by atoms with Crippen LogP contribution in [0.3, 0.4) is 0 Å². The minimum atomic E-state index is -2.98. The molecule has 0 radical (unpaired) electrons. The summed E-state index contributed by atoms with van der Waals surface area (Å²) in [6.45, 7) is 20.8. The van der Waals surface area contributed by atoms with Crippen LogP contribution in [0.15, 0.2) is 0 Å². The fourth-order valence-electron chi connectivity index (χ4n) is 2.56. The van der Waals surface area contributed by atoms with E-state index in [0.29, 0.717) is 0 Å². The van der Waals surface area contributed by atoms with Crippen molar-refractivity contribution in [1.82, 2.24) is 0 Å². The van der Waals surface area contributed by atoms with Crippen molar-refractivity contribution >= 4 is 27.3 Å². The molecule has 0 bridgehead atoms. The van der Waals surface area contributed by atoms with Crippen LogP contribution in [0.1, 0.15) is 69.2 Å². The molecule has 0 unspecified atom stereocenters. The highest BCUT2D eigenvalue weighted by molar-refractivity contribution is 7.20. The molecular formula is C14H33ClO2Si2. The van der Waals surface area contributed by atoms with Crippen molar-refractivity contribution in [1.29, 1.82) is 0 Å². The smallest absolute Gasteiger partial charge is 0.337 e. The molecule has 0 aromatic carbocycles. The molecule has 0 aliphatic heterocycles. The molecule has 0 fully saturated rings. The number of hydrogen-bond acceptors (Lipinski definition) is 2. The quantitative estimate of drug-likeness (QED) is 0.543. The van der Waals surface area contributed by atoms with Gasteiger partial charge in [0, 0.05) is 10.1 Å². The summed E-state index contributed by atoms with van der Waals surface area (Å²) in [6.07, 6.45) is 0. The minimum absolute atomic E-state index is 0.262. The Kier molecular flexibility index (Phi) is 5.99. The van der Waals surface area contributed by atoms with Crippen LogP contribution < -0.4 is 0 Å². The fraction of sp³-hybridized carbons (Fsp3) is 1.00. The molecule has 0 aliphatic carbocycles. The number of hydrogen-bond donors (Lipinski definition) is 1. The van der Waals surface area contributed by atoms with Crippen molar-refractivity contribution in [2.45, 2.75) is 90.4 Å². The predicted octanol–water partition coefficient (Wildman–Crippen LogP) is 5.54. The lowest BCUT2D eigenvalue weighted by molar-refractivity contribution is 0.276. The van der Waals surface area contributed by atoms with Crippen LogP contribution in [-0.4, -0.2) is 21.0 Å². The minimum Gasteiger partial charge on any atom is -0.423 e. The second-order valence-corrected chi connectivity index (χ2v) is 18.8.